The lowest BCUT2D eigenvalue weighted by atomic mass is 10.0. The monoisotopic (exact) mass is 236 g/mol. The highest BCUT2D eigenvalue weighted by Gasteiger charge is 2.23. The molecule has 0 fully saturated rings. The molecule has 2 aromatic rings. The van der Waals surface area contributed by atoms with Crippen molar-refractivity contribution >= 4 is 17.1 Å². The maximum atomic E-state index is 4.94. The summed E-state index contributed by atoms with van der Waals surface area (Å²) in [6, 6.07) is 18.0. The number of oxime groups is 1. The second-order valence-electron chi connectivity index (χ2n) is 3.97. The predicted molar refractivity (Wildman–Crippen MR) is 72.6 cm³/mol. The first kappa shape index (κ1) is 10.7. The molecule has 0 bridgehead atoms. The predicted octanol–water partition coefficient (Wildman–Crippen LogP) is 3.17. The van der Waals surface area contributed by atoms with Crippen LogP contribution in [0, 0.1) is 0 Å². The molecule has 0 spiro atoms. The number of aliphatic imine (C=N–C) groups is 1. The van der Waals surface area contributed by atoms with Crippen LogP contribution >= 0.6 is 0 Å². The van der Waals surface area contributed by atoms with E-state index in [0.29, 0.717) is 0 Å². The van der Waals surface area contributed by atoms with Crippen molar-refractivity contribution < 1.29 is 4.84 Å². The van der Waals surface area contributed by atoms with Crippen LogP contribution < -0.4 is 0 Å². The number of rotatable bonds is 2. The van der Waals surface area contributed by atoms with Crippen LogP contribution in [0.3, 0.4) is 0 Å². The molecule has 0 saturated heterocycles. The fourth-order valence-corrected chi connectivity index (χ4v) is 2.05. The van der Waals surface area contributed by atoms with E-state index in [0.717, 1.165) is 28.2 Å². The molecule has 0 aromatic heterocycles. The number of benzene rings is 2. The molecule has 0 N–H and O–H groups in total. The first-order valence-electron chi connectivity index (χ1n) is 5.75. The summed E-state index contributed by atoms with van der Waals surface area (Å²) in [4.78, 5) is 9.57. The second-order valence-corrected chi connectivity index (χ2v) is 3.97. The summed E-state index contributed by atoms with van der Waals surface area (Å²) in [5, 5.41) is 4.11. The van der Waals surface area contributed by atoms with E-state index >= 15 is 0 Å². The Labute approximate surface area is 105 Å². The van der Waals surface area contributed by atoms with E-state index in [1.54, 1.807) is 7.11 Å². The minimum absolute atomic E-state index is 0.791. The summed E-state index contributed by atoms with van der Waals surface area (Å²) in [6.45, 7) is 0. The van der Waals surface area contributed by atoms with Crippen molar-refractivity contribution in [3.05, 3.63) is 65.7 Å². The average molecular weight is 236 g/mol. The standard InChI is InChI=1S/C15H12N2O/c1-18-17-15-12-9-5-6-10-13(12)16-14(15)11-7-3-2-4-8-11/h2-10H,1H3/b17-15+. The Bertz CT molecular complexity index is 630. The van der Waals surface area contributed by atoms with Crippen LogP contribution in [-0.2, 0) is 4.84 Å². The van der Waals surface area contributed by atoms with Crippen molar-refractivity contribution in [1.82, 2.24) is 0 Å². The topological polar surface area (TPSA) is 34.0 Å². The van der Waals surface area contributed by atoms with Gasteiger partial charge in [-0.3, -0.25) is 0 Å². The summed E-state index contributed by atoms with van der Waals surface area (Å²) >= 11 is 0. The maximum Gasteiger partial charge on any atom is 0.138 e. The molecule has 3 heteroatoms. The lowest BCUT2D eigenvalue weighted by molar-refractivity contribution is 0.214. The van der Waals surface area contributed by atoms with Crippen LogP contribution in [0.25, 0.3) is 0 Å². The van der Waals surface area contributed by atoms with E-state index in [1.807, 2.05) is 54.6 Å². The Morgan fingerprint density at radius 2 is 1.67 bits per heavy atom. The molecular formula is C15H12N2O. The van der Waals surface area contributed by atoms with Gasteiger partial charge in [-0.2, -0.15) is 0 Å². The van der Waals surface area contributed by atoms with E-state index in [1.165, 1.54) is 0 Å². The zero-order valence-electron chi connectivity index (χ0n) is 10.00. The third kappa shape index (κ3) is 1.70. The Morgan fingerprint density at radius 1 is 0.944 bits per heavy atom. The number of nitrogens with zero attached hydrogens (tertiary/aromatic N) is 2. The van der Waals surface area contributed by atoms with E-state index in [2.05, 4.69) is 10.1 Å². The van der Waals surface area contributed by atoms with Crippen LogP contribution in [0.15, 0.2) is 64.7 Å². The minimum Gasteiger partial charge on any atom is -0.399 e. The smallest absolute Gasteiger partial charge is 0.138 e. The Hall–Kier alpha value is -2.42. The molecule has 0 unspecified atom stereocenters. The molecule has 88 valence electrons. The molecule has 0 atom stereocenters. The van der Waals surface area contributed by atoms with Gasteiger partial charge in [-0.05, 0) is 6.07 Å². The zero-order chi connectivity index (χ0) is 12.4. The molecular weight excluding hydrogens is 224 g/mol. The van der Waals surface area contributed by atoms with Gasteiger partial charge in [0, 0.05) is 11.1 Å². The first-order valence-corrected chi connectivity index (χ1v) is 5.75. The minimum atomic E-state index is 0.791. The van der Waals surface area contributed by atoms with Crippen LogP contribution in [-0.4, -0.2) is 18.5 Å². The highest BCUT2D eigenvalue weighted by Crippen LogP contribution is 2.29. The molecule has 1 heterocycles. The quantitative estimate of drug-likeness (QED) is 0.737. The van der Waals surface area contributed by atoms with Gasteiger partial charge in [-0.1, -0.05) is 53.7 Å². The summed E-state index contributed by atoms with van der Waals surface area (Å²) in [5.41, 5.74) is 4.65. The number of fused-ring (bicyclic) bond motifs is 1. The van der Waals surface area contributed by atoms with Crippen molar-refractivity contribution in [3.63, 3.8) is 0 Å². The van der Waals surface area contributed by atoms with Gasteiger partial charge in [0.1, 0.15) is 18.5 Å². The van der Waals surface area contributed by atoms with Crippen LogP contribution in [0.2, 0.25) is 0 Å². The molecule has 3 rings (SSSR count). The van der Waals surface area contributed by atoms with Gasteiger partial charge in [0.25, 0.3) is 0 Å². The second kappa shape index (κ2) is 4.45. The first-order chi connectivity index (χ1) is 8.90. The fourth-order valence-electron chi connectivity index (χ4n) is 2.05. The Balaban J connectivity index is 2.15. The summed E-state index contributed by atoms with van der Waals surface area (Å²) in [7, 11) is 1.55. The van der Waals surface area contributed by atoms with Crippen molar-refractivity contribution in [2.24, 2.45) is 10.1 Å². The van der Waals surface area contributed by atoms with Gasteiger partial charge in [0.05, 0.1) is 5.69 Å². The largest absolute Gasteiger partial charge is 0.399 e. The van der Waals surface area contributed by atoms with Crippen molar-refractivity contribution in [2.45, 2.75) is 0 Å². The van der Waals surface area contributed by atoms with Gasteiger partial charge in [0.15, 0.2) is 0 Å². The van der Waals surface area contributed by atoms with Gasteiger partial charge in [-0.15, -0.1) is 0 Å². The molecule has 1 aliphatic heterocycles. The Morgan fingerprint density at radius 3 is 2.44 bits per heavy atom. The third-order valence-electron chi connectivity index (χ3n) is 2.85. The normalized spacial score (nSPS) is 15.4. The van der Waals surface area contributed by atoms with Gasteiger partial charge >= 0.3 is 0 Å². The Kier molecular flexibility index (Phi) is 2.65. The third-order valence-corrected chi connectivity index (χ3v) is 2.85. The fraction of sp³-hybridized carbons (Fsp3) is 0.0667. The molecule has 18 heavy (non-hydrogen) atoms. The van der Waals surface area contributed by atoms with Crippen LogP contribution in [0.5, 0.6) is 0 Å². The van der Waals surface area contributed by atoms with E-state index in [9.17, 15) is 0 Å². The molecule has 2 aromatic carbocycles. The highest BCUT2D eigenvalue weighted by atomic mass is 16.6. The van der Waals surface area contributed by atoms with E-state index in [4.69, 9.17) is 4.84 Å². The summed E-state index contributed by atoms with van der Waals surface area (Å²) in [6.07, 6.45) is 0. The van der Waals surface area contributed by atoms with Crippen molar-refractivity contribution in [2.75, 3.05) is 7.11 Å². The molecule has 0 amide bonds. The molecule has 0 saturated carbocycles. The molecule has 1 aliphatic rings. The van der Waals surface area contributed by atoms with Gasteiger partial charge in [-0.25, -0.2) is 4.99 Å². The van der Waals surface area contributed by atoms with Crippen LogP contribution in [0.4, 0.5) is 5.69 Å². The molecule has 0 aliphatic carbocycles. The van der Waals surface area contributed by atoms with Crippen molar-refractivity contribution in [1.29, 1.82) is 0 Å². The number of para-hydroxylation sites is 1. The van der Waals surface area contributed by atoms with Gasteiger partial charge < -0.3 is 4.84 Å². The van der Waals surface area contributed by atoms with Crippen LogP contribution in [0.1, 0.15) is 11.1 Å². The summed E-state index contributed by atoms with van der Waals surface area (Å²) < 4.78 is 0. The SMILES string of the molecule is CO/N=C1/C(c2ccccc2)=Nc2ccccc21. The zero-order valence-corrected chi connectivity index (χ0v) is 10.00. The number of hydrogen-bond acceptors (Lipinski definition) is 3. The van der Waals surface area contributed by atoms with Gasteiger partial charge in [0.2, 0.25) is 0 Å². The van der Waals surface area contributed by atoms with E-state index < -0.39 is 0 Å². The summed E-state index contributed by atoms with van der Waals surface area (Å²) in [5.74, 6) is 0. The van der Waals surface area contributed by atoms with Crippen molar-refractivity contribution in [3.8, 4) is 0 Å². The molecule has 0 radical (unpaired) electrons. The van der Waals surface area contributed by atoms with E-state index in [-0.39, 0.29) is 0 Å². The highest BCUT2D eigenvalue weighted by molar-refractivity contribution is 6.56. The lowest BCUT2D eigenvalue weighted by Gasteiger charge is -2.02. The number of hydrogen-bond donors (Lipinski definition) is 0. The lowest BCUT2D eigenvalue weighted by Crippen LogP contribution is -2.12. The maximum absolute atomic E-state index is 4.94. The average Bonchev–Trinajstić information content (AvgIpc) is 2.80. The molecule has 3 nitrogen and oxygen atoms in total.